The van der Waals surface area contributed by atoms with E-state index in [0.29, 0.717) is 24.7 Å². The molecular weight excluding hydrogens is 340 g/mol. The molecule has 0 atom stereocenters. The Balaban J connectivity index is 1.53. The molecule has 0 radical (unpaired) electrons. The summed E-state index contributed by atoms with van der Waals surface area (Å²) in [5.41, 5.74) is 2.81. The SMILES string of the molecule is COc1ccccc1CNc1nccc(C(=O)NCCC2=CCCCC2)n1. The fourth-order valence-corrected chi connectivity index (χ4v) is 3.15. The Hall–Kier alpha value is -2.89. The van der Waals surface area contributed by atoms with Gasteiger partial charge in [0.2, 0.25) is 5.95 Å². The highest BCUT2D eigenvalue weighted by Gasteiger charge is 2.10. The number of nitrogens with zero attached hydrogens (tertiary/aromatic N) is 2. The van der Waals surface area contributed by atoms with Crippen molar-refractivity contribution in [2.75, 3.05) is 19.0 Å². The summed E-state index contributed by atoms with van der Waals surface area (Å²) < 4.78 is 5.34. The van der Waals surface area contributed by atoms with E-state index in [0.717, 1.165) is 30.6 Å². The quantitative estimate of drug-likeness (QED) is 0.697. The first-order chi connectivity index (χ1) is 13.3. The molecule has 0 unspecified atom stereocenters. The number of nitrogens with one attached hydrogen (secondary N) is 2. The van der Waals surface area contributed by atoms with Gasteiger partial charge in [0.1, 0.15) is 11.4 Å². The normalized spacial score (nSPS) is 13.6. The molecule has 2 aromatic rings. The molecule has 1 aromatic carbocycles. The lowest BCUT2D eigenvalue weighted by Crippen LogP contribution is -2.26. The number of rotatable bonds is 8. The van der Waals surface area contributed by atoms with E-state index >= 15 is 0 Å². The summed E-state index contributed by atoms with van der Waals surface area (Å²) in [4.78, 5) is 20.9. The van der Waals surface area contributed by atoms with E-state index in [1.807, 2.05) is 24.3 Å². The summed E-state index contributed by atoms with van der Waals surface area (Å²) in [6.45, 7) is 1.15. The van der Waals surface area contributed by atoms with Crippen LogP contribution >= 0.6 is 0 Å². The van der Waals surface area contributed by atoms with Crippen LogP contribution in [0.1, 0.15) is 48.2 Å². The fraction of sp³-hybridized carbons (Fsp3) is 0.381. The Morgan fingerprint density at radius 1 is 1.22 bits per heavy atom. The lowest BCUT2D eigenvalue weighted by Gasteiger charge is -2.13. The Kier molecular flexibility index (Phi) is 6.79. The standard InChI is InChI=1S/C21H26N4O2/c1-27-19-10-6-5-9-17(19)15-24-21-23-14-12-18(25-21)20(26)22-13-11-16-7-3-2-4-8-16/h5-7,9-10,12,14H,2-4,8,11,13,15H2,1H3,(H,22,26)(H,23,24,25). The Morgan fingerprint density at radius 3 is 2.93 bits per heavy atom. The Labute approximate surface area is 160 Å². The van der Waals surface area contributed by atoms with Crippen molar-refractivity contribution in [2.45, 2.75) is 38.6 Å². The van der Waals surface area contributed by atoms with Gasteiger partial charge in [0.15, 0.2) is 0 Å². The molecular formula is C21H26N4O2. The number of benzene rings is 1. The first-order valence-corrected chi connectivity index (χ1v) is 9.41. The number of carbonyl (C=O) groups excluding carboxylic acids is 1. The van der Waals surface area contributed by atoms with Gasteiger partial charge in [-0.25, -0.2) is 9.97 Å². The van der Waals surface area contributed by atoms with Crippen LogP contribution in [0.15, 0.2) is 48.2 Å². The lowest BCUT2D eigenvalue weighted by molar-refractivity contribution is 0.0949. The number of carbonyl (C=O) groups is 1. The van der Waals surface area contributed by atoms with E-state index in [1.165, 1.54) is 18.4 Å². The van der Waals surface area contributed by atoms with Crippen LogP contribution in [0.2, 0.25) is 0 Å². The van der Waals surface area contributed by atoms with Crippen LogP contribution in [0.5, 0.6) is 5.75 Å². The number of anilines is 1. The van der Waals surface area contributed by atoms with Crippen molar-refractivity contribution in [1.82, 2.24) is 15.3 Å². The summed E-state index contributed by atoms with van der Waals surface area (Å²) in [6, 6.07) is 9.38. The second kappa shape index (κ2) is 9.71. The predicted octanol–water partition coefficient (Wildman–Crippen LogP) is 3.72. The fourth-order valence-electron chi connectivity index (χ4n) is 3.15. The highest BCUT2D eigenvalue weighted by molar-refractivity contribution is 5.92. The van der Waals surface area contributed by atoms with Gasteiger partial charge < -0.3 is 15.4 Å². The van der Waals surface area contributed by atoms with E-state index < -0.39 is 0 Å². The van der Waals surface area contributed by atoms with E-state index in [4.69, 9.17) is 4.74 Å². The number of ether oxygens (including phenoxy) is 1. The zero-order valence-electron chi connectivity index (χ0n) is 15.7. The van der Waals surface area contributed by atoms with Crippen LogP contribution in [0, 0.1) is 0 Å². The second-order valence-corrected chi connectivity index (χ2v) is 6.54. The van der Waals surface area contributed by atoms with Crippen molar-refractivity contribution in [2.24, 2.45) is 0 Å². The molecule has 0 spiro atoms. The number of methoxy groups -OCH3 is 1. The molecule has 0 saturated heterocycles. The third-order valence-corrected chi connectivity index (χ3v) is 4.63. The van der Waals surface area contributed by atoms with Gasteiger partial charge in [0, 0.05) is 24.8 Å². The molecule has 27 heavy (non-hydrogen) atoms. The molecule has 0 saturated carbocycles. The van der Waals surface area contributed by atoms with Gasteiger partial charge in [-0.1, -0.05) is 29.8 Å². The third kappa shape index (κ3) is 5.54. The minimum Gasteiger partial charge on any atom is -0.496 e. The highest BCUT2D eigenvalue weighted by atomic mass is 16.5. The smallest absolute Gasteiger partial charge is 0.270 e. The Morgan fingerprint density at radius 2 is 2.11 bits per heavy atom. The maximum absolute atomic E-state index is 12.3. The summed E-state index contributed by atoms with van der Waals surface area (Å²) >= 11 is 0. The van der Waals surface area contributed by atoms with Crippen LogP contribution < -0.4 is 15.4 Å². The zero-order chi connectivity index (χ0) is 18.9. The molecule has 0 fully saturated rings. The minimum atomic E-state index is -0.172. The first kappa shape index (κ1) is 18.9. The van der Waals surface area contributed by atoms with Gasteiger partial charge in [0.05, 0.1) is 7.11 Å². The molecule has 0 bridgehead atoms. The monoisotopic (exact) mass is 366 g/mol. The summed E-state index contributed by atoms with van der Waals surface area (Å²) in [7, 11) is 1.64. The van der Waals surface area contributed by atoms with Crippen molar-refractivity contribution in [3.05, 3.63) is 59.4 Å². The second-order valence-electron chi connectivity index (χ2n) is 6.54. The van der Waals surface area contributed by atoms with Crippen molar-refractivity contribution in [1.29, 1.82) is 0 Å². The van der Waals surface area contributed by atoms with Gasteiger partial charge in [-0.05, 0) is 44.2 Å². The molecule has 2 N–H and O–H groups in total. The zero-order valence-corrected chi connectivity index (χ0v) is 15.7. The van der Waals surface area contributed by atoms with Gasteiger partial charge >= 0.3 is 0 Å². The molecule has 6 heteroatoms. The van der Waals surface area contributed by atoms with Crippen molar-refractivity contribution < 1.29 is 9.53 Å². The molecule has 0 aliphatic heterocycles. The summed E-state index contributed by atoms with van der Waals surface area (Å²) in [6.07, 6.45) is 9.66. The molecule has 1 aliphatic rings. The van der Waals surface area contributed by atoms with Crippen LogP contribution in [-0.4, -0.2) is 29.5 Å². The third-order valence-electron chi connectivity index (χ3n) is 4.63. The van der Waals surface area contributed by atoms with Gasteiger partial charge in [-0.15, -0.1) is 0 Å². The molecule has 1 heterocycles. The van der Waals surface area contributed by atoms with E-state index in [9.17, 15) is 4.79 Å². The van der Waals surface area contributed by atoms with E-state index in [-0.39, 0.29) is 5.91 Å². The van der Waals surface area contributed by atoms with Crippen LogP contribution in [-0.2, 0) is 6.54 Å². The number of allylic oxidation sites excluding steroid dienone is 1. The van der Waals surface area contributed by atoms with Crippen LogP contribution in [0.3, 0.4) is 0 Å². The number of hydrogen-bond donors (Lipinski definition) is 2. The topological polar surface area (TPSA) is 76.1 Å². The van der Waals surface area contributed by atoms with E-state index in [2.05, 4.69) is 26.7 Å². The molecule has 142 valence electrons. The number of hydrogen-bond acceptors (Lipinski definition) is 5. The van der Waals surface area contributed by atoms with Crippen LogP contribution in [0.25, 0.3) is 0 Å². The maximum Gasteiger partial charge on any atom is 0.270 e. The largest absolute Gasteiger partial charge is 0.496 e. The average molecular weight is 366 g/mol. The summed E-state index contributed by atoms with van der Waals surface area (Å²) in [5.74, 6) is 1.05. The summed E-state index contributed by atoms with van der Waals surface area (Å²) in [5, 5.41) is 6.10. The molecule has 1 aromatic heterocycles. The number of aromatic nitrogens is 2. The van der Waals surface area contributed by atoms with Crippen LogP contribution in [0.4, 0.5) is 5.95 Å². The highest BCUT2D eigenvalue weighted by Crippen LogP contribution is 2.20. The lowest BCUT2D eigenvalue weighted by atomic mass is 9.97. The van der Waals surface area contributed by atoms with E-state index in [1.54, 1.807) is 19.4 Å². The Bertz CT molecular complexity index is 804. The predicted molar refractivity (Wildman–Crippen MR) is 106 cm³/mol. The number of para-hydroxylation sites is 1. The molecule has 1 aliphatic carbocycles. The molecule has 6 nitrogen and oxygen atoms in total. The minimum absolute atomic E-state index is 0.172. The van der Waals surface area contributed by atoms with Gasteiger partial charge in [0.25, 0.3) is 5.91 Å². The first-order valence-electron chi connectivity index (χ1n) is 9.41. The van der Waals surface area contributed by atoms with Gasteiger partial charge in [-0.2, -0.15) is 0 Å². The maximum atomic E-state index is 12.3. The molecule has 1 amide bonds. The van der Waals surface area contributed by atoms with Gasteiger partial charge in [-0.3, -0.25) is 4.79 Å². The van der Waals surface area contributed by atoms with Crippen molar-refractivity contribution in [3.63, 3.8) is 0 Å². The average Bonchev–Trinajstić information content (AvgIpc) is 2.73. The van der Waals surface area contributed by atoms with Crippen molar-refractivity contribution in [3.8, 4) is 5.75 Å². The molecule has 3 rings (SSSR count). The number of amides is 1. The van der Waals surface area contributed by atoms with Crippen molar-refractivity contribution >= 4 is 11.9 Å².